The molecule has 0 bridgehead atoms. The van der Waals surface area contributed by atoms with Gasteiger partial charge in [-0.2, -0.15) is 0 Å². The van der Waals surface area contributed by atoms with E-state index < -0.39 is 6.10 Å². The van der Waals surface area contributed by atoms with Crippen molar-refractivity contribution in [1.82, 2.24) is 0 Å². The summed E-state index contributed by atoms with van der Waals surface area (Å²) in [5, 5.41) is 10.2. The van der Waals surface area contributed by atoms with E-state index in [2.05, 4.69) is 15.9 Å². The van der Waals surface area contributed by atoms with Crippen molar-refractivity contribution >= 4 is 27.7 Å². The van der Waals surface area contributed by atoms with E-state index in [4.69, 9.17) is 0 Å². The number of rotatable bonds is 4. The topological polar surface area (TPSA) is 20.2 Å². The lowest BCUT2D eigenvalue weighted by Crippen LogP contribution is -2.06. The number of hydrogen-bond acceptors (Lipinski definition) is 2. The Kier molecular flexibility index (Phi) is 5.24. The third-order valence-electron chi connectivity index (χ3n) is 3.04. The summed E-state index contributed by atoms with van der Waals surface area (Å²) in [5.74, 6) is 0.106. The van der Waals surface area contributed by atoms with E-state index in [0.717, 1.165) is 20.5 Å². The number of hydrogen-bond donors (Lipinski definition) is 1. The van der Waals surface area contributed by atoms with Crippen molar-refractivity contribution in [1.29, 1.82) is 0 Å². The maximum atomic E-state index is 14.0. The molecule has 0 aliphatic heterocycles. The first-order chi connectivity index (χ1) is 9.47. The minimum atomic E-state index is -0.802. The van der Waals surface area contributed by atoms with Crippen LogP contribution in [0.3, 0.4) is 0 Å². The van der Waals surface area contributed by atoms with Gasteiger partial charge in [0, 0.05) is 20.7 Å². The summed E-state index contributed by atoms with van der Waals surface area (Å²) < 4.78 is 15.0. The number of aryl methyl sites for hydroxylation is 2. The Morgan fingerprint density at radius 3 is 2.45 bits per heavy atom. The molecule has 0 aliphatic rings. The van der Waals surface area contributed by atoms with Gasteiger partial charge in [-0.3, -0.25) is 0 Å². The van der Waals surface area contributed by atoms with Crippen molar-refractivity contribution in [3.63, 3.8) is 0 Å². The van der Waals surface area contributed by atoms with Crippen molar-refractivity contribution < 1.29 is 9.50 Å². The SMILES string of the molecule is Cc1cc(C)c(C(O)CSc2ccc(Br)cc2)c(F)c1. The lowest BCUT2D eigenvalue weighted by atomic mass is 10.0. The molecule has 0 radical (unpaired) electrons. The highest BCUT2D eigenvalue weighted by atomic mass is 79.9. The molecule has 106 valence electrons. The number of aliphatic hydroxyl groups is 1. The second kappa shape index (κ2) is 6.74. The lowest BCUT2D eigenvalue weighted by molar-refractivity contribution is 0.198. The van der Waals surface area contributed by atoms with E-state index >= 15 is 0 Å². The van der Waals surface area contributed by atoms with E-state index in [1.54, 1.807) is 0 Å². The van der Waals surface area contributed by atoms with Gasteiger partial charge in [-0.15, -0.1) is 11.8 Å². The molecule has 0 aliphatic carbocycles. The van der Waals surface area contributed by atoms with Gasteiger partial charge in [0.2, 0.25) is 0 Å². The predicted octanol–water partition coefficient (Wildman–Crippen LogP) is 5.03. The van der Waals surface area contributed by atoms with Crippen LogP contribution >= 0.6 is 27.7 Å². The Hall–Kier alpha value is -0.840. The normalized spacial score (nSPS) is 12.4. The van der Waals surface area contributed by atoms with Crippen molar-refractivity contribution in [3.05, 3.63) is 63.4 Å². The van der Waals surface area contributed by atoms with E-state index in [1.807, 2.05) is 44.2 Å². The summed E-state index contributed by atoms with van der Waals surface area (Å²) in [4.78, 5) is 1.05. The molecule has 0 saturated carbocycles. The Balaban J connectivity index is 2.09. The van der Waals surface area contributed by atoms with E-state index in [9.17, 15) is 9.50 Å². The molecular formula is C16H16BrFOS. The van der Waals surface area contributed by atoms with Crippen LogP contribution in [0.5, 0.6) is 0 Å². The molecular weight excluding hydrogens is 339 g/mol. The van der Waals surface area contributed by atoms with E-state index in [0.29, 0.717) is 11.3 Å². The molecule has 2 rings (SSSR count). The molecule has 4 heteroatoms. The van der Waals surface area contributed by atoms with Gasteiger partial charge in [-0.25, -0.2) is 4.39 Å². The van der Waals surface area contributed by atoms with Crippen molar-refractivity contribution in [2.75, 3.05) is 5.75 Å². The Bertz CT molecular complexity index is 575. The third kappa shape index (κ3) is 3.84. The molecule has 0 aromatic heterocycles. The number of aliphatic hydroxyl groups excluding tert-OH is 1. The number of halogens is 2. The molecule has 1 nitrogen and oxygen atoms in total. The lowest BCUT2D eigenvalue weighted by Gasteiger charge is -2.15. The molecule has 1 N–H and O–H groups in total. The zero-order valence-corrected chi connectivity index (χ0v) is 13.8. The van der Waals surface area contributed by atoms with Crippen LogP contribution in [0.4, 0.5) is 4.39 Å². The molecule has 2 aromatic carbocycles. The highest BCUT2D eigenvalue weighted by molar-refractivity contribution is 9.10. The monoisotopic (exact) mass is 354 g/mol. The second-order valence-corrected chi connectivity index (χ2v) is 6.77. The van der Waals surface area contributed by atoms with Crippen LogP contribution in [0.25, 0.3) is 0 Å². The minimum Gasteiger partial charge on any atom is -0.387 e. The van der Waals surface area contributed by atoms with Gasteiger partial charge in [0.25, 0.3) is 0 Å². The molecule has 1 atom stereocenters. The summed E-state index contributed by atoms with van der Waals surface area (Å²) in [7, 11) is 0. The summed E-state index contributed by atoms with van der Waals surface area (Å²) in [6.07, 6.45) is -0.802. The Morgan fingerprint density at radius 1 is 1.20 bits per heavy atom. The van der Waals surface area contributed by atoms with Gasteiger partial charge in [0.05, 0.1) is 6.10 Å². The quantitative estimate of drug-likeness (QED) is 0.777. The van der Waals surface area contributed by atoms with Crippen molar-refractivity contribution in [3.8, 4) is 0 Å². The van der Waals surface area contributed by atoms with Gasteiger partial charge < -0.3 is 5.11 Å². The maximum absolute atomic E-state index is 14.0. The van der Waals surface area contributed by atoms with Crippen LogP contribution in [0.15, 0.2) is 45.8 Å². The zero-order valence-electron chi connectivity index (χ0n) is 11.4. The first-order valence-electron chi connectivity index (χ1n) is 6.30. The predicted molar refractivity (Wildman–Crippen MR) is 85.7 cm³/mol. The molecule has 20 heavy (non-hydrogen) atoms. The van der Waals surface area contributed by atoms with Crippen LogP contribution in [0.2, 0.25) is 0 Å². The molecule has 0 spiro atoms. The molecule has 0 amide bonds. The first-order valence-corrected chi connectivity index (χ1v) is 8.08. The molecule has 2 aromatic rings. The van der Waals surface area contributed by atoms with Crippen LogP contribution in [0.1, 0.15) is 22.8 Å². The first kappa shape index (κ1) is 15.5. The standard InChI is InChI=1S/C16H16BrFOS/c1-10-7-11(2)16(14(18)8-10)15(19)9-20-13-5-3-12(17)4-6-13/h3-8,15,19H,9H2,1-2H3. The van der Waals surface area contributed by atoms with Crippen molar-refractivity contribution in [2.24, 2.45) is 0 Å². The number of benzene rings is 2. The average molecular weight is 355 g/mol. The van der Waals surface area contributed by atoms with E-state index in [1.165, 1.54) is 17.8 Å². The highest BCUT2D eigenvalue weighted by Crippen LogP contribution is 2.29. The van der Waals surface area contributed by atoms with Crippen LogP contribution < -0.4 is 0 Å². The Labute approximate surface area is 131 Å². The fourth-order valence-electron chi connectivity index (χ4n) is 2.14. The maximum Gasteiger partial charge on any atom is 0.129 e. The fourth-order valence-corrected chi connectivity index (χ4v) is 3.25. The van der Waals surface area contributed by atoms with Gasteiger partial charge >= 0.3 is 0 Å². The molecule has 0 saturated heterocycles. The summed E-state index contributed by atoms with van der Waals surface area (Å²) in [6, 6.07) is 11.2. The minimum absolute atomic E-state index is 0.327. The summed E-state index contributed by atoms with van der Waals surface area (Å²) in [5.41, 5.74) is 2.07. The van der Waals surface area contributed by atoms with Crippen LogP contribution in [0, 0.1) is 19.7 Å². The van der Waals surface area contributed by atoms with Gasteiger partial charge in [-0.1, -0.05) is 22.0 Å². The zero-order chi connectivity index (χ0) is 14.7. The van der Waals surface area contributed by atoms with E-state index in [-0.39, 0.29) is 5.82 Å². The second-order valence-electron chi connectivity index (χ2n) is 4.76. The van der Waals surface area contributed by atoms with Gasteiger partial charge in [0.1, 0.15) is 5.82 Å². The number of thioether (sulfide) groups is 1. The average Bonchev–Trinajstić information content (AvgIpc) is 2.37. The fraction of sp³-hybridized carbons (Fsp3) is 0.250. The third-order valence-corrected chi connectivity index (χ3v) is 4.65. The van der Waals surface area contributed by atoms with Crippen LogP contribution in [-0.4, -0.2) is 10.9 Å². The Morgan fingerprint density at radius 2 is 1.85 bits per heavy atom. The van der Waals surface area contributed by atoms with Gasteiger partial charge in [0.15, 0.2) is 0 Å². The van der Waals surface area contributed by atoms with Crippen molar-refractivity contribution in [2.45, 2.75) is 24.8 Å². The van der Waals surface area contributed by atoms with Crippen LogP contribution in [-0.2, 0) is 0 Å². The largest absolute Gasteiger partial charge is 0.387 e. The summed E-state index contributed by atoms with van der Waals surface area (Å²) >= 11 is 4.90. The smallest absolute Gasteiger partial charge is 0.129 e. The summed E-state index contributed by atoms with van der Waals surface area (Å²) in [6.45, 7) is 3.68. The van der Waals surface area contributed by atoms with Gasteiger partial charge in [-0.05, 0) is 55.3 Å². The highest BCUT2D eigenvalue weighted by Gasteiger charge is 2.16. The molecule has 1 unspecified atom stereocenters. The molecule has 0 fully saturated rings. The molecule has 0 heterocycles.